The van der Waals surface area contributed by atoms with Gasteiger partial charge in [0.2, 0.25) is 0 Å². The third kappa shape index (κ3) is 4.32. The minimum atomic E-state index is -0.303. The number of nitrogens with one attached hydrogen (secondary N) is 3. The molecule has 3 aromatic heterocycles. The number of aromatic nitrogens is 4. The first-order valence-electron chi connectivity index (χ1n) is 9.91. The zero-order chi connectivity index (χ0) is 21.1. The molecule has 10 nitrogen and oxygen atoms in total. The van der Waals surface area contributed by atoms with Gasteiger partial charge in [0.15, 0.2) is 11.5 Å². The van der Waals surface area contributed by atoms with Crippen molar-refractivity contribution in [2.75, 3.05) is 29.9 Å². The number of imidazole rings is 1. The molecule has 0 radical (unpaired) electrons. The van der Waals surface area contributed by atoms with Gasteiger partial charge in [0.05, 0.1) is 6.20 Å². The van der Waals surface area contributed by atoms with E-state index in [-0.39, 0.29) is 18.0 Å². The normalized spacial score (nSPS) is 15.9. The molecule has 0 saturated carbocycles. The Morgan fingerprint density at radius 1 is 1.27 bits per heavy atom. The predicted octanol–water partition coefficient (Wildman–Crippen LogP) is 1.58. The summed E-state index contributed by atoms with van der Waals surface area (Å²) in [6.45, 7) is 5.76. The monoisotopic (exact) mass is 408 g/mol. The second-order valence-corrected chi connectivity index (χ2v) is 7.23. The van der Waals surface area contributed by atoms with Crippen LogP contribution in [0.5, 0.6) is 0 Å². The average molecular weight is 408 g/mol. The highest BCUT2D eigenvalue weighted by Gasteiger charge is 2.26. The van der Waals surface area contributed by atoms with Crippen molar-refractivity contribution in [3.63, 3.8) is 0 Å². The van der Waals surface area contributed by atoms with Gasteiger partial charge in [-0.15, -0.1) is 5.10 Å². The van der Waals surface area contributed by atoms with Crippen molar-refractivity contribution in [3.05, 3.63) is 47.9 Å². The number of carbonyl (C=O) groups excluding carboxylic acids is 2. The molecule has 0 aliphatic carbocycles. The highest BCUT2D eigenvalue weighted by Crippen LogP contribution is 2.20. The molecular weight excluding hydrogens is 384 g/mol. The fourth-order valence-electron chi connectivity index (χ4n) is 3.43. The van der Waals surface area contributed by atoms with Crippen LogP contribution in [0.15, 0.2) is 36.7 Å². The Bertz CT molecular complexity index is 1080. The Balaban J connectivity index is 1.41. The molecule has 1 aliphatic rings. The number of carbonyl (C=O) groups is 2. The summed E-state index contributed by atoms with van der Waals surface area (Å²) >= 11 is 0. The highest BCUT2D eigenvalue weighted by atomic mass is 16.2. The van der Waals surface area contributed by atoms with Crippen LogP contribution in [-0.2, 0) is 0 Å². The molecule has 10 heteroatoms. The van der Waals surface area contributed by atoms with E-state index < -0.39 is 0 Å². The molecule has 4 rings (SSSR count). The van der Waals surface area contributed by atoms with E-state index in [1.807, 2.05) is 32.0 Å². The lowest BCUT2D eigenvalue weighted by Gasteiger charge is -2.17. The summed E-state index contributed by atoms with van der Waals surface area (Å²) in [6.07, 6.45) is 4.14. The minimum Gasteiger partial charge on any atom is -0.353 e. The maximum absolute atomic E-state index is 12.4. The number of urea groups is 1. The number of fused-ring (bicyclic) bond motifs is 1. The van der Waals surface area contributed by atoms with Gasteiger partial charge in [-0.1, -0.05) is 0 Å². The molecule has 3 N–H and O–H groups in total. The molecule has 4 heterocycles. The zero-order valence-electron chi connectivity index (χ0n) is 16.9. The topological polar surface area (TPSA) is 117 Å². The van der Waals surface area contributed by atoms with Gasteiger partial charge in [0.25, 0.3) is 5.91 Å². The SMILES string of the molecule is CCNC(=O)Nc1cn2nc(N3CC[C@H](NC(=O)c4cc(C)ccn4)C3)ccc2n1. The van der Waals surface area contributed by atoms with Crippen molar-refractivity contribution in [2.24, 2.45) is 0 Å². The lowest BCUT2D eigenvalue weighted by atomic mass is 10.2. The first-order chi connectivity index (χ1) is 14.5. The van der Waals surface area contributed by atoms with Gasteiger partial charge >= 0.3 is 6.03 Å². The Labute approximate surface area is 173 Å². The van der Waals surface area contributed by atoms with E-state index in [0.29, 0.717) is 30.2 Å². The molecule has 156 valence electrons. The van der Waals surface area contributed by atoms with Crippen molar-refractivity contribution in [1.82, 2.24) is 30.2 Å². The lowest BCUT2D eigenvalue weighted by Crippen LogP contribution is -2.37. The van der Waals surface area contributed by atoms with E-state index in [0.717, 1.165) is 24.3 Å². The second-order valence-electron chi connectivity index (χ2n) is 7.23. The van der Waals surface area contributed by atoms with E-state index in [1.165, 1.54) is 0 Å². The van der Waals surface area contributed by atoms with Crippen LogP contribution in [0.4, 0.5) is 16.4 Å². The van der Waals surface area contributed by atoms with Crippen molar-refractivity contribution >= 4 is 29.2 Å². The summed E-state index contributed by atoms with van der Waals surface area (Å²) in [5.41, 5.74) is 2.07. The molecule has 3 amide bonds. The van der Waals surface area contributed by atoms with Gasteiger partial charge in [-0.2, -0.15) is 0 Å². The summed E-state index contributed by atoms with van der Waals surface area (Å²) in [5.74, 6) is 1.06. The quantitative estimate of drug-likeness (QED) is 0.590. The summed E-state index contributed by atoms with van der Waals surface area (Å²) in [4.78, 5) is 34.7. The predicted molar refractivity (Wildman–Crippen MR) is 113 cm³/mol. The molecule has 30 heavy (non-hydrogen) atoms. The number of anilines is 2. The van der Waals surface area contributed by atoms with Crippen LogP contribution in [0.1, 0.15) is 29.4 Å². The van der Waals surface area contributed by atoms with Gasteiger partial charge in [-0.3, -0.25) is 15.1 Å². The highest BCUT2D eigenvalue weighted by molar-refractivity contribution is 5.92. The number of nitrogens with zero attached hydrogens (tertiary/aromatic N) is 5. The van der Waals surface area contributed by atoms with Crippen molar-refractivity contribution < 1.29 is 9.59 Å². The largest absolute Gasteiger partial charge is 0.353 e. The summed E-state index contributed by atoms with van der Waals surface area (Å²) < 4.78 is 1.64. The first kappa shape index (κ1) is 19.6. The van der Waals surface area contributed by atoms with Crippen LogP contribution in [0, 0.1) is 6.92 Å². The molecular formula is C20H24N8O2. The molecule has 1 atom stereocenters. The Morgan fingerprint density at radius 3 is 2.93 bits per heavy atom. The van der Waals surface area contributed by atoms with Gasteiger partial charge in [0, 0.05) is 31.9 Å². The molecule has 3 aromatic rings. The fraction of sp³-hybridized carbons (Fsp3) is 0.350. The standard InChI is InChI=1S/C20H24N8O2/c1-3-21-20(30)25-16-12-28-17(24-16)4-5-18(26-28)27-9-7-14(11-27)23-19(29)15-10-13(2)6-8-22-15/h4-6,8,10,12,14H,3,7,9,11H2,1-2H3,(H,23,29)(H2,21,25,30)/t14-/m0/s1. The molecule has 0 spiro atoms. The Hall–Kier alpha value is -3.69. The second kappa shape index (κ2) is 8.36. The van der Waals surface area contributed by atoms with Crippen LogP contribution in [0.3, 0.4) is 0 Å². The number of hydrogen-bond acceptors (Lipinski definition) is 6. The van der Waals surface area contributed by atoms with E-state index in [9.17, 15) is 9.59 Å². The average Bonchev–Trinajstić information content (AvgIpc) is 3.33. The first-order valence-corrected chi connectivity index (χ1v) is 9.91. The van der Waals surface area contributed by atoms with E-state index in [1.54, 1.807) is 23.0 Å². The smallest absolute Gasteiger partial charge is 0.320 e. The van der Waals surface area contributed by atoms with E-state index in [2.05, 4.69) is 35.9 Å². The van der Waals surface area contributed by atoms with Crippen LogP contribution >= 0.6 is 0 Å². The Morgan fingerprint density at radius 2 is 2.13 bits per heavy atom. The maximum atomic E-state index is 12.4. The third-order valence-electron chi connectivity index (χ3n) is 4.88. The number of aryl methyl sites for hydroxylation is 1. The number of amides is 3. The van der Waals surface area contributed by atoms with E-state index >= 15 is 0 Å². The zero-order valence-corrected chi connectivity index (χ0v) is 16.9. The van der Waals surface area contributed by atoms with Crippen LogP contribution in [0.25, 0.3) is 5.65 Å². The van der Waals surface area contributed by atoms with Crippen LogP contribution in [-0.4, -0.2) is 57.2 Å². The van der Waals surface area contributed by atoms with Gasteiger partial charge in [0.1, 0.15) is 11.5 Å². The molecule has 1 fully saturated rings. The van der Waals surface area contributed by atoms with Gasteiger partial charge in [-0.25, -0.2) is 14.3 Å². The fourth-order valence-corrected chi connectivity index (χ4v) is 3.43. The van der Waals surface area contributed by atoms with E-state index in [4.69, 9.17) is 0 Å². The van der Waals surface area contributed by atoms with Crippen LogP contribution < -0.4 is 20.9 Å². The van der Waals surface area contributed by atoms with Crippen LogP contribution in [0.2, 0.25) is 0 Å². The molecule has 0 unspecified atom stereocenters. The Kier molecular flexibility index (Phi) is 5.46. The maximum Gasteiger partial charge on any atom is 0.320 e. The van der Waals surface area contributed by atoms with Gasteiger partial charge in [-0.05, 0) is 50.1 Å². The number of hydrogen-bond donors (Lipinski definition) is 3. The minimum absolute atomic E-state index is 0.0232. The van der Waals surface area contributed by atoms with Crippen molar-refractivity contribution in [3.8, 4) is 0 Å². The molecule has 1 saturated heterocycles. The summed E-state index contributed by atoms with van der Waals surface area (Å²) in [6, 6.07) is 7.11. The summed E-state index contributed by atoms with van der Waals surface area (Å²) in [5, 5.41) is 13.0. The summed E-state index contributed by atoms with van der Waals surface area (Å²) in [7, 11) is 0. The number of rotatable bonds is 5. The number of pyridine rings is 1. The molecule has 1 aliphatic heterocycles. The molecule has 0 aromatic carbocycles. The lowest BCUT2D eigenvalue weighted by molar-refractivity contribution is 0.0935. The van der Waals surface area contributed by atoms with Gasteiger partial charge < -0.3 is 15.5 Å². The van der Waals surface area contributed by atoms with Crippen molar-refractivity contribution in [1.29, 1.82) is 0 Å². The van der Waals surface area contributed by atoms with Crippen molar-refractivity contribution in [2.45, 2.75) is 26.3 Å². The third-order valence-corrected chi connectivity index (χ3v) is 4.88. The molecule has 0 bridgehead atoms.